The molecule has 1 aromatic carbocycles. The smallest absolute Gasteiger partial charge is 0.103 e. The third kappa shape index (κ3) is 3.64. The van der Waals surface area contributed by atoms with Gasteiger partial charge in [-0.2, -0.15) is 15.5 Å². The Morgan fingerprint density at radius 3 is 2.37 bits per heavy atom. The number of rotatable bonds is 4. The van der Waals surface area contributed by atoms with Gasteiger partial charge in [0, 0.05) is 49.9 Å². The second kappa shape index (κ2) is 8.41. The molecule has 1 saturated heterocycles. The molecule has 1 fully saturated rings. The number of aromatic nitrogens is 5. The van der Waals surface area contributed by atoms with Crippen LogP contribution in [0, 0.1) is 11.3 Å². The molecule has 0 atom stereocenters. The van der Waals surface area contributed by atoms with Crippen LogP contribution in [0.5, 0.6) is 0 Å². The molecule has 0 unspecified atom stereocenters. The summed E-state index contributed by atoms with van der Waals surface area (Å²) in [6.07, 6.45) is 11.1. The summed E-state index contributed by atoms with van der Waals surface area (Å²) >= 11 is 0. The molecule has 0 bridgehead atoms. The van der Waals surface area contributed by atoms with Crippen LogP contribution < -0.4 is 4.90 Å². The van der Waals surface area contributed by atoms with Crippen molar-refractivity contribution in [3.8, 4) is 28.3 Å². The molecule has 35 heavy (non-hydrogen) atoms. The maximum Gasteiger partial charge on any atom is 0.103 e. The van der Waals surface area contributed by atoms with Crippen molar-refractivity contribution >= 4 is 11.2 Å². The second-order valence-electron chi connectivity index (χ2n) is 9.12. The predicted octanol–water partition coefficient (Wildman–Crippen LogP) is 4.86. The van der Waals surface area contributed by atoms with E-state index in [1.165, 1.54) is 0 Å². The Morgan fingerprint density at radius 1 is 0.886 bits per heavy atom. The lowest BCUT2D eigenvalue weighted by molar-refractivity contribution is 0.407. The highest BCUT2D eigenvalue weighted by Crippen LogP contribution is 2.38. The number of piperidine rings is 1. The largest absolute Gasteiger partial charge is 0.370 e. The molecule has 0 spiro atoms. The number of benzene rings is 1. The Morgan fingerprint density at radius 2 is 1.69 bits per heavy atom. The van der Waals surface area contributed by atoms with Gasteiger partial charge in [-0.1, -0.05) is 30.3 Å². The summed E-state index contributed by atoms with van der Waals surface area (Å²) in [5.74, 6) is 0. The summed E-state index contributed by atoms with van der Waals surface area (Å²) in [5, 5.41) is 19.0. The van der Waals surface area contributed by atoms with Gasteiger partial charge >= 0.3 is 0 Å². The standard InChI is InChI=1S/C28H25N7/c1-33-19-23(17-31-33)21-7-9-22(10-8-21)24-18-32-35-14-4-5-25(27(24)35)34-15-11-28(20-29,12-16-34)26-6-2-3-13-30-26/h2-10,13-14,17-19H,11-12,15-16H2,1H3. The summed E-state index contributed by atoms with van der Waals surface area (Å²) in [7, 11) is 1.93. The molecule has 7 heteroatoms. The van der Waals surface area contributed by atoms with E-state index in [1.54, 1.807) is 6.20 Å². The third-order valence-corrected chi connectivity index (χ3v) is 7.08. The number of nitriles is 1. The van der Waals surface area contributed by atoms with Crippen molar-refractivity contribution in [1.29, 1.82) is 5.26 Å². The van der Waals surface area contributed by atoms with E-state index in [0.29, 0.717) is 0 Å². The van der Waals surface area contributed by atoms with E-state index in [1.807, 2.05) is 65.3 Å². The Kier molecular flexibility index (Phi) is 5.07. The van der Waals surface area contributed by atoms with Crippen LogP contribution in [0.3, 0.4) is 0 Å². The molecule has 5 aromatic rings. The molecule has 0 aliphatic carbocycles. The van der Waals surface area contributed by atoms with Crippen LogP contribution in [0.2, 0.25) is 0 Å². The van der Waals surface area contributed by atoms with E-state index >= 15 is 0 Å². The lowest BCUT2D eigenvalue weighted by atomic mass is 9.76. The molecule has 172 valence electrons. The van der Waals surface area contributed by atoms with E-state index in [2.05, 4.69) is 56.5 Å². The highest BCUT2D eigenvalue weighted by molar-refractivity contribution is 5.90. The predicted molar refractivity (Wildman–Crippen MR) is 136 cm³/mol. The fourth-order valence-corrected chi connectivity index (χ4v) is 5.10. The van der Waals surface area contributed by atoms with Crippen molar-refractivity contribution in [2.24, 2.45) is 7.05 Å². The first-order valence-corrected chi connectivity index (χ1v) is 11.8. The zero-order valence-corrected chi connectivity index (χ0v) is 19.5. The van der Waals surface area contributed by atoms with E-state index in [4.69, 9.17) is 0 Å². The Hall–Kier alpha value is -4.44. The topological polar surface area (TPSA) is 75.0 Å². The van der Waals surface area contributed by atoms with E-state index in [-0.39, 0.29) is 0 Å². The first-order chi connectivity index (χ1) is 17.2. The van der Waals surface area contributed by atoms with Gasteiger partial charge in [-0.3, -0.25) is 9.67 Å². The molecule has 1 aliphatic rings. The van der Waals surface area contributed by atoms with E-state index < -0.39 is 5.41 Å². The number of pyridine rings is 2. The van der Waals surface area contributed by atoms with Crippen LogP contribution >= 0.6 is 0 Å². The zero-order chi connectivity index (χ0) is 23.8. The Labute approximate surface area is 203 Å². The molecule has 7 nitrogen and oxygen atoms in total. The van der Waals surface area contributed by atoms with Crippen molar-refractivity contribution in [3.63, 3.8) is 0 Å². The van der Waals surface area contributed by atoms with E-state index in [0.717, 1.165) is 65.1 Å². The fraction of sp³-hybridized carbons (Fsp3) is 0.214. The molecule has 6 rings (SSSR count). The van der Waals surface area contributed by atoms with Gasteiger partial charge < -0.3 is 4.90 Å². The van der Waals surface area contributed by atoms with Gasteiger partial charge in [0.05, 0.1) is 35.4 Å². The Balaban J connectivity index is 1.32. The minimum absolute atomic E-state index is 0.534. The number of aryl methyl sites for hydroxylation is 1. The van der Waals surface area contributed by atoms with Crippen LogP contribution in [-0.4, -0.2) is 37.5 Å². The maximum absolute atomic E-state index is 10.1. The van der Waals surface area contributed by atoms with E-state index in [9.17, 15) is 5.26 Å². The first-order valence-electron chi connectivity index (χ1n) is 11.8. The van der Waals surface area contributed by atoms with Crippen LogP contribution in [-0.2, 0) is 12.5 Å². The molecule has 4 aromatic heterocycles. The highest BCUT2D eigenvalue weighted by Gasteiger charge is 2.38. The van der Waals surface area contributed by atoms with Crippen LogP contribution in [0.15, 0.2) is 85.6 Å². The number of nitrogens with zero attached hydrogens (tertiary/aromatic N) is 7. The van der Waals surface area contributed by atoms with Gasteiger partial charge in [0.15, 0.2) is 0 Å². The summed E-state index contributed by atoms with van der Waals surface area (Å²) in [4.78, 5) is 6.89. The van der Waals surface area contributed by atoms with Gasteiger partial charge in [0.1, 0.15) is 5.41 Å². The molecule has 5 heterocycles. The number of hydrogen-bond acceptors (Lipinski definition) is 5. The molecule has 0 N–H and O–H groups in total. The first kappa shape index (κ1) is 21.1. The Bertz CT molecular complexity index is 1520. The van der Waals surface area contributed by atoms with Gasteiger partial charge in [0.25, 0.3) is 0 Å². The molecule has 1 aliphatic heterocycles. The van der Waals surface area contributed by atoms with Crippen molar-refractivity contribution in [2.45, 2.75) is 18.3 Å². The number of fused-ring (bicyclic) bond motifs is 1. The molecular formula is C28H25N7. The average molecular weight is 460 g/mol. The monoisotopic (exact) mass is 459 g/mol. The van der Waals surface area contributed by atoms with Crippen LogP contribution in [0.1, 0.15) is 18.5 Å². The molecule has 0 radical (unpaired) electrons. The van der Waals surface area contributed by atoms with Crippen molar-refractivity contribution in [3.05, 3.63) is 91.3 Å². The number of anilines is 1. The average Bonchev–Trinajstić information content (AvgIpc) is 3.56. The maximum atomic E-state index is 10.1. The normalized spacial score (nSPS) is 15.3. The lowest BCUT2D eigenvalue weighted by Gasteiger charge is -2.38. The molecular weight excluding hydrogens is 434 g/mol. The quantitative estimate of drug-likeness (QED) is 0.384. The van der Waals surface area contributed by atoms with Crippen molar-refractivity contribution in [1.82, 2.24) is 24.4 Å². The highest BCUT2D eigenvalue weighted by atomic mass is 15.2. The van der Waals surface area contributed by atoms with Gasteiger partial charge in [-0.25, -0.2) is 4.52 Å². The molecule has 0 saturated carbocycles. The zero-order valence-electron chi connectivity index (χ0n) is 19.5. The van der Waals surface area contributed by atoms with Crippen molar-refractivity contribution in [2.75, 3.05) is 18.0 Å². The lowest BCUT2D eigenvalue weighted by Crippen LogP contribution is -2.42. The summed E-state index contributed by atoms with van der Waals surface area (Å²) in [6.45, 7) is 1.57. The van der Waals surface area contributed by atoms with Crippen molar-refractivity contribution < 1.29 is 0 Å². The van der Waals surface area contributed by atoms with Gasteiger partial charge in [-0.15, -0.1) is 0 Å². The third-order valence-electron chi connectivity index (χ3n) is 7.08. The summed E-state index contributed by atoms with van der Waals surface area (Å²) in [5.41, 5.74) is 7.02. The minimum Gasteiger partial charge on any atom is -0.370 e. The van der Waals surface area contributed by atoms with Gasteiger partial charge in [-0.05, 0) is 48.2 Å². The molecule has 0 amide bonds. The van der Waals surface area contributed by atoms with Crippen LogP contribution in [0.4, 0.5) is 5.69 Å². The van der Waals surface area contributed by atoms with Gasteiger partial charge in [0.2, 0.25) is 0 Å². The number of hydrogen-bond donors (Lipinski definition) is 0. The minimum atomic E-state index is -0.534. The SMILES string of the molecule is Cn1cc(-c2ccc(-c3cnn4cccc(N5CCC(C#N)(c6ccccn6)CC5)c34)cc2)cn1. The summed E-state index contributed by atoms with van der Waals surface area (Å²) < 4.78 is 3.76. The second-order valence-corrected chi connectivity index (χ2v) is 9.12. The van der Waals surface area contributed by atoms with Crippen LogP contribution in [0.25, 0.3) is 27.8 Å². The summed E-state index contributed by atoms with van der Waals surface area (Å²) in [6, 6.07) is 21.2. The fourth-order valence-electron chi connectivity index (χ4n) is 5.10.